The summed E-state index contributed by atoms with van der Waals surface area (Å²) in [7, 11) is 1.42. The first-order valence-corrected chi connectivity index (χ1v) is 30.7. The molecule has 0 rings (SSSR count). The zero-order chi connectivity index (χ0) is 55.6. The third-order valence-corrected chi connectivity index (χ3v) is 12.5. The van der Waals surface area contributed by atoms with Gasteiger partial charge in [-0.3, -0.25) is 18.6 Å². The minimum atomic E-state index is -4.41. The highest BCUT2D eigenvalue weighted by molar-refractivity contribution is 7.47. The number of phosphoric ester groups is 1. The Morgan fingerprint density at radius 1 is 0.408 bits per heavy atom. The van der Waals surface area contributed by atoms with Gasteiger partial charge in [0, 0.05) is 12.8 Å². The third kappa shape index (κ3) is 58.9. The van der Waals surface area contributed by atoms with Crippen molar-refractivity contribution in [1.29, 1.82) is 0 Å². The maximum atomic E-state index is 12.8. The molecule has 0 saturated heterocycles. The summed E-state index contributed by atoms with van der Waals surface area (Å²) in [5.41, 5.74) is 0. The Hall–Kier alpha value is -4.37. The van der Waals surface area contributed by atoms with E-state index in [0.29, 0.717) is 23.9 Å². The fourth-order valence-corrected chi connectivity index (χ4v) is 7.87. The summed E-state index contributed by atoms with van der Waals surface area (Å²) in [5, 5.41) is 0. The van der Waals surface area contributed by atoms with Crippen LogP contribution in [0.15, 0.2) is 158 Å². The standard InChI is InChI=1S/C66H106NO8P/c1-6-8-10-12-14-16-18-20-22-24-25-26-27-28-29-30-31-32-33-34-35-36-37-38-39-40-41-43-45-47-49-51-53-55-57-59-66(69)75-64(63-74-76(70,71)73-61-60-67(3,4)5)62-72-65(68)58-56-54-52-50-48-46-44-42-23-21-19-17-15-13-11-9-7-2/h8-11,14-17,20-23,25-26,28-29,31-32,34-35,37-38,44,46,50,52,64H,6-7,12-13,18-19,24,27,30,33,36,39-43,45,47-49,51,53-63H2,1-5H3/p+1/b10-8-,11-9-,16-14-,17-15-,22-20-,23-21-,26-25-,29-28-,32-31-,35-34-,38-37-,46-44-,52-50-. The van der Waals surface area contributed by atoms with E-state index in [4.69, 9.17) is 18.5 Å². The van der Waals surface area contributed by atoms with Gasteiger partial charge in [-0.1, -0.05) is 223 Å². The van der Waals surface area contributed by atoms with Crippen LogP contribution in [0, 0.1) is 0 Å². The van der Waals surface area contributed by atoms with E-state index in [1.54, 1.807) is 0 Å². The summed E-state index contributed by atoms with van der Waals surface area (Å²) in [5.74, 6) is -0.884. The second kappa shape index (κ2) is 55.4. The second-order valence-electron chi connectivity index (χ2n) is 19.9. The van der Waals surface area contributed by atoms with Crippen LogP contribution in [-0.2, 0) is 32.7 Å². The zero-order valence-corrected chi connectivity index (χ0v) is 49.3. The van der Waals surface area contributed by atoms with Crippen LogP contribution in [0.2, 0.25) is 0 Å². The van der Waals surface area contributed by atoms with Crippen molar-refractivity contribution in [3.8, 4) is 0 Å². The number of quaternary nitrogens is 1. The van der Waals surface area contributed by atoms with Crippen molar-refractivity contribution in [2.24, 2.45) is 0 Å². The molecule has 0 aromatic rings. The van der Waals surface area contributed by atoms with Crippen molar-refractivity contribution in [1.82, 2.24) is 0 Å². The van der Waals surface area contributed by atoms with Gasteiger partial charge in [0.25, 0.3) is 0 Å². The normalized spacial score (nSPS) is 14.4. The molecule has 76 heavy (non-hydrogen) atoms. The van der Waals surface area contributed by atoms with Crippen LogP contribution in [-0.4, -0.2) is 74.9 Å². The molecule has 10 heteroatoms. The minimum absolute atomic E-state index is 0.0131. The van der Waals surface area contributed by atoms with Gasteiger partial charge in [0.1, 0.15) is 19.8 Å². The second-order valence-corrected chi connectivity index (χ2v) is 21.4. The molecule has 0 aliphatic rings. The Labute approximate surface area is 465 Å². The fourth-order valence-electron chi connectivity index (χ4n) is 7.12. The molecule has 0 spiro atoms. The Morgan fingerprint density at radius 2 is 0.724 bits per heavy atom. The highest BCUT2D eigenvalue weighted by Gasteiger charge is 2.27. The lowest BCUT2D eigenvalue weighted by Crippen LogP contribution is -2.37. The van der Waals surface area contributed by atoms with Gasteiger partial charge < -0.3 is 18.9 Å². The van der Waals surface area contributed by atoms with E-state index in [1.807, 2.05) is 21.1 Å². The number of hydrogen-bond acceptors (Lipinski definition) is 7. The molecule has 2 atom stereocenters. The van der Waals surface area contributed by atoms with E-state index in [9.17, 15) is 19.0 Å². The first kappa shape index (κ1) is 71.6. The van der Waals surface area contributed by atoms with Crippen molar-refractivity contribution >= 4 is 19.8 Å². The average Bonchev–Trinajstić information content (AvgIpc) is 3.38. The fraction of sp³-hybridized carbons (Fsp3) is 0.576. The highest BCUT2D eigenvalue weighted by atomic mass is 31.2. The summed E-state index contributed by atoms with van der Waals surface area (Å²) in [6.45, 7) is 4.10. The first-order chi connectivity index (χ1) is 37.0. The van der Waals surface area contributed by atoms with Crippen LogP contribution in [0.5, 0.6) is 0 Å². The lowest BCUT2D eigenvalue weighted by molar-refractivity contribution is -0.870. The lowest BCUT2D eigenvalue weighted by atomic mass is 10.0. The van der Waals surface area contributed by atoms with Crippen LogP contribution >= 0.6 is 7.82 Å². The van der Waals surface area contributed by atoms with E-state index in [0.717, 1.165) is 116 Å². The Kier molecular flexibility index (Phi) is 52.2. The largest absolute Gasteiger partial charge is 0.472 e. The van der Waals surface area contributed by atoms with Gasteiger partial charge in [0.2, 0.25) is 0 Å². The van der Waals surface area contributed by atoms with E-state index in [1.165, 1.54) is 38.5 Å². The topological polar surface area (TPSA) is 108 Å². The molecule has 0 aromatic carbocycles. The predicted molar refractivity (Wildman–Crippen MR) is 325 cm³/mol. The number of esters is 2. The zero-order valence-electron chi connectivity index (χ0n) is 48.4. The monoisotopic (exact) mass is 1070 g/mol. The van der Waals surface area contributed by atoms with Gasteiger partial charge in [-0.15, -0.1) is 0 Å². The summed E-state index contributed by atoms with van der Waals surface area (Å²) >= 11 is 0. The number of ether oxygens (including phenoxy) is 2. The Bertz CT molecular complexity index is 1840. The number of hydrogen-bond donors (Lipinski definition) is 1. The number of carbonyl (C=O) groups is 2. The molecule has 0 saturated carbocycles. The number of phosphoric acid groups is 1. The molecular formula is C66H107NO8P+. The molecule has 2 unspecified atom stereocenters. The molecule has 0 amide bonds. The predicted octanol–water partition coefficient (Wildman–Crippen LogP) is 18.5. The number of carbonyl (C=O) groups excluding carboxylic acids is 2. The molecular weight excluding hydrogens is 966 g/mol. The molecule has 0 aromatic heterocycles. The average molecular weight is 1070 g/mol. The number of unbranched alkanes of at least 4 members (excludes halogenated alkanes) is 11. The number of nitrogens with zero attached hydrogens (tertiary/aromatic N) is 1. The quantitative estimate of drug-likeness (QED) is 0.0211. The summed E-state index contributed by atoms with van der Waals surface area (Å²) < 4.78 is 34.4. The third-order valence-electron chi connectivity index (χ3n) is 11.6. The maximum Gasteiger partial charge on any atom is 0.472 e. The van der Waals surface area contributed by atoms with Gasteiger partial charge in [-0.25, -0.2) is 4.57 Å². The SMILES string of the molecule is CC/C=C\C/C=C\C/C=C\C/C=C\C/C=C\C/C=C\C/C=C\C/C=C\CCCCCCCCCCCCC(=O)OC(COC(=O)CCC/C=C\C/C=C\C/C=C\C/C=C\C/C=C\CC)COP(=O)(O)OCC[N+](C)(C)C. The van der Waals surface area contributed by atoms with E-state index < -0.39 is 32.5 Å². The van der Waals surface area contributed by atoms with Gasteiger partial charge >= 0.3 is 19.8 Å². The summed E-state index contributed by atoms with van der Waals surface area (Å²) in [6.07, 6.45) is 83.3. The van der Waals surface area contributed by atoms with Crippen LogP contribution in [0.3, 0.4) is 0 Å². The van der Waals surface area contributed by atoms with Crippen molar-refractivity contribution < 1.29 is 42.1 Å². The van der Waals surface area contributed by atoms with Crippen LogP contribution in [0.25, 0.3) is 0 Å². The smallest absolute Gasteiger partial charge is 0.462 e. The first-order valence-electron chi connectivity index (χ1n) is 29.2. The molecule has 428 valence electrons. The highest BCUT2D eigenvalue weighted by Crippen LogP contribution is 2.43. The Morgan fingerprint density at radius 3 is 1.09 bits per heavy atom. The molecule has 1 N–H and O–H groups in total. The molecule has 9 nitrogen and oxygen atoms in total. The molecule has 0 aliphatic carbocycles. The van der Waals surface area contributed by atoms with Crippen molar-refractivity contribution in [3.63, 3.8) is 0 Å². The number of likely N-dealkylation sites (N-methyl/N-ethyl adjacent to an activating group) is 1. The summed E-state index contributed by atoms with van der Waals surface area (Å²) in [6, 6.07) is 0. The van der Waals surface area contributed by atoms with E-state index >= 15 is 0 Å². The van der Waals surface area contributed by atoms with Gasteiger partial charge in [-0.05, 0) is 116 Å². The maximum absolute atomic E-state index is 12.8. The van der Waals surface area contributed by atoms with Gasteiger partial charge in [0.05, 0.1) is 27.7 Å². The van der Waals surface area contributed by atoms with E-state index in [-0.39, 0.29) is 26.1 Å². The van der Waals surface area contributed by atoms with Gasteiger partial charge in [-0.2, -0.15) is 0 Å². The molecule has 0 radical (unpaired) electrons. The lowest BCUT2D eigenvalue weighted by Gasteiger charge is -2.24. The van der Waals surface area contributed by atoms with Gasteiger partial charge in [0.15, 0.2) is 6.10 Å². The van der Waals surface area contributed by atoms with Crippen LogP contribution in [0.1, 0.15) is 194 Å². The van der Waals surface area contributed by atoms with Crippen molar-refractivity contribution in [2.75, 3.05) is 47.5 Å². The van der Waals surface area contributed by atoms with Crippen molar-refractivity contribution in [3.05, 3.63) is 158 Å². The summed E-state index contributed by atoms with van der Waals surface area (Å²) in [4.78, 5) is 35.6. The molecule has 0 bridgehead atoms. The van der Waals surface area contributed by atoms with Crippen molar-refractivity contribution in [2.45, 2.75) is 200 Å². The number of allylic oxidation sites excluding steroid dienone is 26. The minimum Gasteiger partial charge on any atom is -0.462 e. The number of rotatable bonds is 51. The molecule has 0 aliphatic heterocycles. The molecule has 0 heterocycles. The van der Waals surface area contributed by atoms with Crippen LogP contribution < -0.4 is 0 Å². The van der Waals surface area contributed by atoms with Crippen LogP contribution in [0.4, 0.5) is 0 Å². The Balaban J connectivity index is 4.22. The molecule has 0 fully saturated rings. The van der Waals surface area contributed by atoms with E-state index in [2.05, 4.69) is 172 Å².